The quantitative estimate of drug-likeness (QED) is 0.740. The first-order chi connectivity index (χ1) is 12.2. The van der Waals surface area contributed by atoms with Gasteiger partial charge in [-0.1, -0.05) is 30.3 Å². The number of nitrogens with zero attached hydrogens (tertiary/aromatic N) is 1. The van der Waals surface area contributed by atoms with Crippen LogP contribution in [0.4, 0.5) is 5.69 Å². The topological polar surface area (TPSA) is 58.4 Å². The number of halogens is 1. The Hall–Kier alpha value is -1.53. The Morgan fingerprint density at radius 1 is 1.15 bits per heavy atom. The van der Waals surface area contributed by atoms with E-state index >= 15 is 0 Å². The van der Waals surface area contributed by atoms with Crippen LogP contribution in [0.15, 0.2) is 59.5 Å². The summed E-state index contributed by atoms with van der Waals surface area (Å²) >= 11 is 1.69. The van der Waals surface area contributed by atoms with Crippen LogP contribution in [-0.2, 0) is 4.79 Å². The van der Waals surface area contributed by atoms with Gasteiger partial charge in [-0.25, -0.2) is 0 Å². The molecule has 2 aromatic carbocycles. The van der Waals surface area contributed by atoms with E-state index in [2.05, 4.69) is 34.5 Å². The Kier molecular flexibility index (Phi) is 7.97. The highest BCUT2D eigenvalue weighted by molar-refractivity contribution is 7.98. The van der Waals surface area contributed by atoms with Crippen molar-refractivity contribution in [3.05, 3.63) is 60.2 Å². The zero-order valence-corrected chi connectivity index (χ0v) is 16.6. The third kappa shape index (κ3) is 5.24. The van der Waals surface area contributed by atoms with Crippen molar-refractivity contribution in [1.82, 2.24) is 4.90 Å². The molecule has 1 amide bonds. The van der Waals surface area contributed by atoms with Crippen LogP contribution in [0.2, 0.25) is 0 Å². The van der Waals surface area contributed by atoms with Crippen molar-refractivity contribution in [1.29, 1.82) is 0 Å². The van der Waals surface area contributed by atoms with Crippen molar-refractivity contribution < 1.29 is 4.79 Å². The number of hydrogen-bond acceptors (Lipinski definition) is 4. The van der Waals surface area contributed by atoms with Gasteiger partial charge in [0, 0.05) is 29.6 Å². The highest BCUT2D eigenvalue weighted by Gasteiger charge is 2.33. The summed E-state index contributed by atoms with van der Waals surface area (Å²) in [6.45, 7) is 2.80. The fourth-order valence-corrected chi connectivity index (χ4v) is 3.89. The number of anilines is 1. The molecule has 3 N–H and O–H groups in total. The maximum Gasteiger partial charge on any atom is 0.238 e. The molecule has 2 atom stereocenters. The molecule has 3 rings (SSSR count). The molecule has 1 aliphatic heterocycles. The SMILES string of the molecule is CSc1ccc(NC(=O)CN2C[C@@H](CN)[C@H](c3ccccc3)C2)cc1.Cl. The largest absolute Gasteiger partial charge is 0.330 e. The third-order valence-corrected chi connectivity index (χ3v) is 5.53. The molecule has 6 heteroatoms. The molecular weight excluding hydrogens is 366 g/mol. The van der Waals surface area contributed by atoms with Crippen LogP contribution >= 0.6 is 24.2 Å². The Labute approximate surface area is 165 Å². The molecule has 1 fully saturated rings. The number of rotatable bonds is 6. The summed E-state index contributed by atoms with van der Waals surface area (Å²) in [6, 6.07) is 18.4. The Balaban J connectivity index is 0.00000243. The van der Waals surface area contributed by atoms with Gasteiger partial charge in [-0.05, 0) is 48.5 Å². The Morgan fingerprint density at radius 3 is 2.46 bits per heavy atom. The fraction of sp³-hybridized carbons (Fsp3) is 0.350. The van der Waals surface area contributed by atoms with Gasteiger partial charge in [0.05, 0.1) is 6.54 Å². The minimum Gasteiger partial charge on any atom is -0.330 e. The lowest BCUT2D eigenvalue weighted by atomic mass is 9.89. The average molecular weight is 392 g/mol. The third-order valence-electron chi connectivity index (χ3n) is 4.79. The van der Waals surface area contributed by atoms with E-state index in [1.54, 1.807) is 11.8 Å². The standard InChI is InChI=1S/C20H25N3OS.ClH/c1-25-18-9-7-17(8-10-18)22-20(24)14-23-12-16(11-21)19(13-23)15-5-3-2-4-6-15;/h2-10,16,19H,11-14,21H2,1H3,(H,22,24);1H/t16-,19+;/m1./s1. The van der Waals surface area contributed by atoms with Gasteiger partial charge in [-0.2, -0.15) is 0 Å². The van der Waals surface area contributed by atoms with Crippen LogP contribution in [0.5, 0.6) is 0 Å². The molecule has 0 saturated carbocycles. The summed E-state index contributed by atoms with van der Waals surface area (Å²) in [5.41, 5.74) is 8.13. The molecule has 0 aromatic heterocycles. The molecule has 0 bridgehead atoms. The van der Waals surface area contributed by atoms with Gasteiger partial charge >= 0.3 is 0 Å². The highest BCUT2D eigenvalue weighted by Crippen LogP contribution is 2.31. The molecule has 0 unspecified atom stereocenters. The lowest BCUT2D eigenvalue weighted by Crippen LogP contribution is -2.32. The van der Waals surface area contributed by atoms with Crippen LogP contribution in [0.3, 0.4) is 0 Å². The minimum atomic E-state index is 0. The van der Waals surface area contributed by atoms with Crippen molar-refractivity contribution in [3.8, 4) is 0 Å². The van der Waals surface area contributed by atoms with Gasteiger partial charge in [0.25, 0.3) is 0 Å². The Morgan fingerprint density at radius 2 is 1.85 bits per heavy atom. The second kappa shape index (κ2) is 9.97. The summed E-state index contributed by atoms with van der Waals surface area (Å²) in [4.78, 5) is 15.8. The number of amides is 1. The first-order valence-corrected chi connectivity index (χ1v) is 9.83. The molecule has 0 radical (unpaired) electrons. The monoisotopic (exact) mass is 391 g/mol. The van der Waals surface area contributed by atoms with Crippen LogP contribution in [0.1, 0.15) is 11.5 Å². The van der Waals surface area contributed by atoms with Gasteiger partial charge in [-0.3, -0.25) is 9.69 Å². The number of benzene rings is 2. The van der Waals surface area contributed by atoms with Crippen LogP contribution in [-0.4, -0.2) is 43.2 Å². The molecule has 0 aliphatic carbocycles. The van der Waals surface area contributed by atoms with Crippen LogP contribution < -0.4 is 11.1 Å². The van der Waals surface area contributed by atoms with E-state index in [0.29, 0.717) is 24.9 Å². The smallest absolute Gasteiger partial charge is 0.238 e. The second-order valence-corrected chi connectivity index (χ2v) is 7.36. The highest BCUT2D eigenvalue weighted by atomic mass is 35.5. The number of carbonyl (C=O) groups is 1. The van der Waals surface area contributed by atoms with Gasteiger partial charge in [-0.15, -0.1) is 24.2 Å². The van der Waals surface area contributed by atoms with Crippen molar-refractivity contribution in [3.63, 3.8) is 0 Å². The molecule has 1 saturated heterocycles. The lowest BCUT2D eigenvalue weighted by Gasteiger charge is -2.16. The average Bonchev–Trinajstić information content (AvgIpc) is 3.05. The van der Waals surface area contributed by atoms with Crippen molar-refractivity contribution in [2.24, 2.45) is 11.7 Å². The zero-order chi connectivity index (χ0) is 17.6. The predicted octanol–water partition coefficient (Wildman–Crippen LogP) is 3.44. The fourth-order valence-electron chi connectivity index (χ4n) is 3.48. The molecule has 140 valence electrons. The first kappa shape index (κ1) is 20.8. The van der Waals surface area contributed by atoms with Crippen molar-refractivity contribution in [2.45, 2.75) is 10.8 Å². The molecule has 26 heavy (non-hydrogen) atoms. The molecular formula is C20H26ClN3OS. The van der Waals surface area contributed by atoms with E-state index < -0.39 is 0 Å². The van der Waals surface area contributed by atoms with Gasteiger partial charge in [0.2, 0.25) is 5.91 Å². The van der Waals surface area contributed by atoms with E-state index in [9.17, 15) is 4.79 Å². The van der Waals surface area contributed by atoms with Crippen LogP contribution in [0, 0.1) is 5.92 Å². The van der Waals surface area contributed by atoms with Crippen molar-refractivity contribution >= 4 is 35.8 Å². The molecule has 1 aliphatic rings. The van der Waals surface area contributed by atoms with Crippen LogP contribution in [0.25, 0.3) is 0 Å². The Bertz CT molecular complexity index is 696. The van der Waals surface area contributed by atoms with E-state index in [1.165, 1.54) is 10.5 Å². The van der Waals surface area contributed by atoms with E-state index in [1.807, 2.05) is 36.6 Å². The summed E-state index contributed by atoms with van der Waals surface area (Å²) in [5, 5.41) is 2.99. The number of likely N-dealkylation sites (tertiary alicyclic amines) is 1. The predicted molar refractivity (Wildman–Crippen MR) is 112 cm³/mol. The van der Waals surface area contributed by atoms with Crippen molar-refractivity contribution in [2.75, 3.05) is 37.8 Å². The summed E-state index contributed by atoms with van der Waals surface area (Å²) < 4.78 is 0. The van der Waals surface area contributed by atoms with E-state index in [-0.39, 0.29) is 18.3 Å². The molecule has 1 heterocycles. The maximum atomic E-state index is 12.4. The lowest BCUT2D eigenvalue weighted by molar-refractivity contribution is -0.117. The zero-order valence-electron chi connectivity index (χ0n) is 14.9. The molecule has 0 spiro atoms. The number of hydrogen-bond donors (Lipinski definition) is 2. The number of nitrogens with one attached hydrogen (secondary N) is 1. The first-order valence-electron chi connectivity index (χ1n) is 8.61. The molecule has 2 aromatic rings. The maximum absolute atomic E-state index is 12.4. The second-order valence-electron chi connectivity index (χ2n) is 6.48. The van der Waals surface area contributed by atoms with E-state index in [0.717, 1.165) is 18.8 Å². The summed E-state index contributed by atoms with van der Waals surface area (Å²) in [5.74, 6) is 0.831. The van der Waals surface area contributed by atoms with E-state index in [4.69, 9.17) is 5.73 Å². The molecule has 4 nitrogen and oxygen atoms in total. The minimum absolute atomic E-state index is 0. The van der Waals surface area contributed by atoms with Gasteiger partial charge in [0.1, 0.15) is 0 Å². The normalized spacial score (nSPS) is 19.8. The number of nitrogens with two attached hydrogens (primary N) is 1. The summed E-state index contributed by atoms with van der Waals surface area (Å²) in [6.07, 6.45) is 2.04. The number of thioether (sulfide) groups is 1. The number of carbonyl (C=O) groups excluding carboxylic acids is 1. The van der Waals surface area contributed by atoms with Gasteiger partial charge in [0.15, 0.2) is 0 Å². The summed E-state index contributed by atoms with van der Waals surface area (Å²) in [7, 11) is 0. The van der Waals surface area contributed by atoms with Gasteiger partial charge < -0.3 is 11.1 Å².